The summed E-state index contributed by atoms with van der Waals surface area (Å²) in [6.07, 6.45) is 0. The molecular formula is C5H18N2O10P3+. The van der Waals surface area contributed by atoms with Gasteiger partial charge in [-0.05, 0) is 0 Å². The van der Waals surface area contributed by atoms with Gasteiger partial charge in [-0.25, -0.2) is 9.13 Å². The van der Waals surface area contributed by atoms with Crippen molar-refractivity contribution >= 4 is 23.9 Å². The molecule has 0 aromatic carbocycles. The number of hydrogen-bond acceptors (Lipinski definition) is 7. The highest BCUT2D eigenvalue weighted by Crippen LogP contribution is 2.53. The Morgan fingerprint density at radius 2 is 1.20 bits per heavy atom. The van der Waals surface area contributed by atoms with E-state index in [2.05, 4.69) is 19.5 Å². The lowest BCUT2D eigenvalue weighted by Crippen LogP contribution is -2.39. The summed E-state index contributed by atoms with van der Waals surface area (Å²) in [5.41, 5.74) is 0. The minimum Gasteiger partial charge on any atom is -0.314 e. The Labute approximate surface area is 115 Å². The molecular weight excluding hydrogens is 341 g/mol. The maximum Gasteiger partial charge on any atom is 0.694 e. The lowest BCUT2D eigenvalue weighted by Gasteiger charge is -2.11. The van der Waals surface area contributed by atoms with Crippen molar-refractivity contribution in [3.63, 3.8) is 0 Å². The maximum absolute atomic E-state index is 9.63. The highest BCUT2D eigenvalue weighted by atomic mass is 31.3. The van der Waals surface area contributed by atoms with Crippen molar-refractivity contribution in [2.75, 3.05) is 33.3 Å². The van der Waals surface area contributed by atoms with E-state index in [-0.39, 0.29) is 0 Å². The molecule has 0 saturated carbocycles. The van der Waals surface area contributed by atoms with Crippen LogP contribution in [-0.2, 0) is 22.5 Å². The van der Waals surface area contributed by atoms with Crippen LogP contribution in [0.1, 0.15) is 0 Å². The monoisotopic (exact) mass is 359 g/mol. The van der Waals surface area contributed by atoms with Crippen molar-refractivity contribution in [2.45, 2.75) is 0 Å². The van der Waals surface area contributed by atoms with Gasteiger partial charge in [0, 0.05) is 30.7 Å². The van der Waals surface area contributed by atoms with Gasteiger partial charge in [0.1, 0.15) is 0 Å². The van der Waals surface area contributed by atoms with E-state index < -0.39 is 23.9 Å². The topological polar surface area (TPSA) is 195 Å². The van der Waals surface area contributed by atoms with E-state index in [1.165, 1.54) is 7.11 Å². The first-order valence-corrected chi connectivity index (χ1v) is 9.11. The predicted octanol–water partition coefficient (Wildman–Crippen LogP) is -1.35. The van der Waals surface area contributed by atoms with Gasteiger partial charge in [0.25, 0.3) is 0 Å². The molecule has 0 amide bonds. The summed E-state index contributed by atoms with van der Waals surface area (Å²) >= 11 is 0. The van der Waals surface area contributed by atoms with E-state index in [0.717, 1.165) is 26.2 Å². The van der Waals surface area contributed by atoms with Gasteiger partial charge in [-0.1, -0.05) is 0 Å². The third-order valence-electron chi connectivity index (χ3n) is 1.33. The van der Waals surface area contributed by atoms with Gasteiger partial charge in [0.05, 0.1) is 7.11 Å². The lowest BCUT2D eigenvalue weighted by atomic mass is 10.4. The zero-order valence-electron chi connectivity index (χ0n) is 10.4. The van der Waals surface area contributed by atoms with E-state index >= 15 is 0 Å². The standard InChI is InChI=1S/C4H10N2.CH3O3P.H4O7P2/c1-2-6-4-3-5-1;1-4-5(2)3;1-8(2,3)7-9(4,5)6/h5-6H,1-4H2;1H3;(H2,1,2,3)(H2,4,5,6)/p+1. The van der Waals surface area contributed by atoms with Crippen molar-refractivity contribution in [3.05, 3.63) is 0 Å². The molecule has 122 valence electrons. The normalized spacial score (nSPS) is 16.2. The fraction of sp³-hybridized carbons (Fsp3) is 1.00. The van der Waals surface area contributed by atoms with Gasteiger partial charge in [0.2, 0.25) is 0 Å². The summed E-state index contributed by atoms with van der Waals surface area (Å²) in [6.45, 7) is 4.56. The molecule has 1 atom stereocenters. The zero-order valence-corrected chi connectivity index (χ0v) is 13.1. The van der Waals surface area contributed by atoms with Crippen LogP contribution in [0.25, 0.3) is 0 Å². The first kappa shape index (κ1) is 22.5. The molecule has 0 aromatic rings. The molecule has 12 nitrogen and oxygen atoms in total. The van der Waals surface area contributed by atoms with Crippen LogP contribution in [0.15, 0.2) is 0 Å². The van der Waals surface area contributed by atoms with E-state index in [4.69, 9.17) is 24.5 Å². The fourth-order valence-electron chi connectivity index (χ4n) is 0.742. The molecule has 20 heavy (non-hydrogen) atoms. The highest BCUT2D eigenvalue weighted by molar-refractivity contribution is 7.60. The van der Waals surface area contributed by atoms with E-state index in [9.17, 15) is 13.7 Å². The number of hydrogen-bond donors (Lipinski definition) is 7. The maximum atomic E-state index is 9.63. The van der Waals surface area contributed by atoms with Gasteiger partial charge < -0.3 is 30.2 Å². The summed E-state index contributed by atoms with van der Waals surface area (Å²) in [4.78, 5) is 38.6. The SMILES string of the molecule is C1CNCCN1.CO[P+](=O)O.O=P(O)(O)OP(=O)(O)O. The average Bonchev–Trinajstić information content (AvgIpc) is 2.28. The van der Waals surface area contributed by atoms with Crippen molar-refractivity contribution in [2.24, 2.45) is 0 Å². The molecule has 1 unspecified atom stereocenters. The molecule has 0 radical (unpaired) electrons. The van der Waals surface area contributed by atoms with Crippen LogP contribution in [0.2, 0.25) is 0 Å². The Bertz CT molecular complexity index is 317. The second-order valence-electron chi connectivity index (χ2n) is 2.98. The average molecular weight is 359 g/mol. The molecule has 1 aliphatic rings. The van der Waals surface area contributed by atoms with Crippen molar-refractivity contribution in [1.82, 2.24) is 10.6 Å². The summed E-state index contributed by atoms with van der Waals surface area (Å²) in [5, 5.41) is 6.44. The van der Waals surface area contributed by atoms with Gasteiger partial charge in [-0.3, -0.25) is 0 Å². The third-order valence-corrected chi connectivity index (χ3v) is 3.34. The summed E-state index contributed by atoms with van der Waals surface area (Å²) in [5.74, 6) is 0. The number of rotatable bonds is 3. The predicted molar refractivity (Wildman–Crippen MR) is 67.7 cm³/mol. The summed E-state index contributed by atoms with van der Waals surface area (Å²) in [7, 11) is -11.3. The molecule has 1 fully saturated rings. The molecule has 1 rings (SSSR count). The van der Waals surface area contributed by atoms with Crippen LogP contribution < -0.4 is 10.6 Å². The van der Waals surface area contributed by atoms with Crippen LogP contribution in [0.3, 0.4) is 0 Å². The number of phosphoric acid groups is 2. The lowest BCUT2D eigenvalue weighted by molar-refractivity contribution is 0.225. The first-order chi connectivity index (χ1) is 8.98. The fourth-order valence-corrected chi connectivity index (χ4v) is 1.85. The molecule has 0 bridgehead atoms. The van der Waals surface area contributed by atoms with E-state index in [1.807, 2.05) is 0 Å². The summed E-state index contributed by atoms with van der Waals surface area (Å²) < 4.78 is 35.3. The van der Waals surface area contributed by atoms with E-state index in [1.54, 1.807) is 0 Å². The minimum absolute atomic E-state index is 1.14. The highest BCUT2D eigenvalue weighted by Gasteiger charge is 2.27. The van der Waals surface area contributed by atoms with Crippen LogP contribution >= 0.6 is 23.9 Å². The molecule has 0 spiro atoms. The van der Waals surface area contributed by atoms with Crippen molar-refractivity contribution in [1.29, 1.82) is 0 Å². The Hall–Kier alpha value is 0.200. The second kappa shape index (κ2) is 11.8. The Morgan fingerprint density at radius 1 is 0.950 bits per heavy atom. The minimum atomic E-state index is -5.05. The smallest absolute Gasteiger partial charge is 0.314 e. The van der Waals surface area contributed by atoms with Crippen molar-refractivity contribution in [3.8, 4) is 0 Å². The summed E-state index contributed by atoms with van der Waals surface area (Å²) in [6, 6.07) is 0. The molecule has 7 N–H and O–H groups in total. The number of nitrogens with one attached hydrogen (secondary N) is 2. The Balaban J connectivity index is 0. The molecule has 1 saturated heterocycles. The van der Waals surface area contributed by atoms with Crippen LogP contribution in [-0.4, -0.2) is 57.8 Å². The molecule has 0 aliphatic carbocycles. The third kappa shape index (κ3) is 26.7. The molecule has 1 aliphatic heterocycles. The second-order valence-corrected chi connectivity index (χ2v) is 6.44. The Kier molecular flexibility index (Phi) is 13.3. The zero-order chi connectivity index (χ0) is 16.2. The van der Waals surface area contributed by atoms with Gasteiger partial charge in [-0.15, -0.1) is 9.42 Å². The van der Waals surface area contributed by atoms with Gasteiger partial charge >= 0.3 is 23.9 Å². The Morgan fingerprint density at radius 3 is 1.25 bits per heavy atom. The van der Waals surface area contributed by atoms with Gasteiger partial charge in [0.15, 0.2) is 0 Å². The van der Waals surface area contributed by atoms with Crippen LogP contribution in [0.5, 0.6) is 0 Å². The number of piperazine rings is 1. The van der Waals surface area contributed by atoms with Crippen molar-refractivity contribution < 1.29 is 47.0 Å². The largest absolute Gasteiger partial charge is 0.694 e. The van der Waals surface area contributed by atoms with Crippen LogP contribution in [0.4, 0.5) is 0 Å². The van der Waals surface area contributed by atoms with Gasteiger partial charge in [-0.2, -0.15) is 4.31 Å². The molecule has 0 aromatic heterocycles. The molecule has 15 heteroatoms. The van der Waals surface area contributed by atoms with E-state index in [0.29, 0.717) is 0 Å². The quantitative estimate of drug-likeness (QED) is 0.293. The molecule has 1 heterocycles. The first-order valence-electron chi connectivity index (χ1n) is 4.92. The van der Waals surface area contributed by atoms with Crippen LogP contribution in [0, 0.1) is 0 Å².